The van der Waals surface area contributed by atoms with Gasteiger partial charge in [0.2, 0.25) is 0 Å². The average molecular weight is 280 g/mol. The third kappa shape index (κ3) is 2.34. The summed E-state index contributed by atoms with van der Waals surface area (Å²) in [5, 5.41) is 0. The van der Waals surface area contributed by atoms with Crippen LogP contribution in [0.3, 0.4) is 0 Å². The second-order valence-electron chi connectivity index (χ2n) is 7.46. The maximum absolute atomic E-state index is 6.13. The lowest BCUT2D eigenvalue weighted by molar-refractivity contribution is -0.0639. The van der Waals surface area contributed by atoms with Crippen molar-refractivity contribution >= 4 is 0 Å². The fraction of sp³-hybridized carbons (Fsp3) is 0.882. The van der Waals surface area contributed by atoms with Crippen LogP contribution in [0.25, 0.3) is 0 Å². The minimum Gasteiger partial charge on any atom is -0.381 e. The molecule has 3 heteroatoms. The van der Waals surface area contributed by atoms with Crippen molar-refractivity contribution in [3.8, 4) is 0 Å². The molecule has 0 aromatic carbocycles. The van der Waals surface area contributed by atoms with Gasteiger partial charge < -0.3 is 14.2 Å². The topological polar surface area (TPSA) is 34.3 Å². The van der Waals surface area contributed by atoms with Crippen molar-refractivity contribution in [1.29, 1.82) is 0 Å². The van der Waals surface area contributed by atoms with Gasteiger partial charge in [0.1, 0.15) is 5.60 Å². The standard InChI is InChI=1S/C17H28O3/c1-11(2)6-7-14-16(4,20-14)15-13(18-5)8-12(3)9-17(15)10-19-17/h6,12-15H,7-10H2,1-5H3/t12-,13-,14-,15-,16+,17+/m1/s1. The predicted molar refractivity (Wildman–Crippen MR) is 78.7 cm³/mol. The Balaban J connectivity index is 1.76. The van der Waals surface area contributed by atoms with Gasteiger partial charge in [-0.15, -0.1) is 0 Å². The minimum absolute atomic E-state index is 0.0345. The van der Waals surface area contributed by atoms with E-state index in [-0.39, 0.29) is 17.3 Å². The van der Waals surface area contributed by atoms with Crippen LogP contribution in [0.15, 0.2) is 11.6 Å². The molecule has 2 aliphatic heterocycles. The van der Waals surface area contributed by atoms with Crippen molar-refractivity contribution < 1.29 is 14.2 Å². The maximum atomic E-state index is 6.13. The van der Waals surface area contributed by atoms with Gasteiger partial charge in [-0.05, 0) is 46.0 Å². The normalized spacial score (nSPS) is 50.0. The van der Waals surface area contributed by atoms with Crippen molar-refractivity contribution in [3.63, 3.8) is 0 Å². The lowest BCUT2D eigenvalue weighted by atomic mass is 9.66. The van der Waals surface area contributed by atoms with E-state index in [0.717, 1.165) is 25.9 Å². The Hall–Kier alpha value is -0.380. The molecule has 0 bridgehead atoms. The SMILES string of the molecule is CO[C@@H]1C[C@@H](C)C[C@]2(CO2)[C@H]1[C@@]1(C)O[C@@H]1CC=C(C)C. The smallest absolute Gasteiger partial charge is 0.100 e. The van der Waals surface area contributed by atoms with Crippen LogP contribution >= 0.6 is 0 Å². The minimum atomic E-state index is -0.0662. The summed E-state index contributed by atoms with van der Waals surface area (Å²) in [6, 6.07) is 0. The molecule has 20 heavy (non-hydrogen) atoms. The Morgan fingerprint density at radius 2 is 2.10 bits per heavy atom. The molecule has 1 spiro atoms. The average Bonchev–Trinajstić information content (AvgIpc) is 3.26. The van der Waals surface area contributed by atoms with E-state index < -0.39 is 0 Å². The summed E-state index contributed by atoms with van der Waals surface area (Å²) in [6.45, 7) is 9.74. The lowest BCUT2D eigenvalue weighted by Crippen LogP contribution is -2.50. The monoisotopic (exact) mass is 280 g/mol. The van der Waals surface area contributed by atoms with Crippen LogP contribution in [0.2, 0.25) is 0 Å². The van der Waals surface area contributed by atoms with E-state index in [1.807, 2.05) is 7.11 Å². The lowest BCUT2D eigenvalue weighted by Gasteiger charge is -2.41. The van der Waals surface area contributed by atoms with Crippen molar-refractivity contribution in [1.82, 2.24) is 0 Å². The molecule has 2 saturated heterocycles. The zero-order chi connectivity index (χ0) is 14.5. The molecule has 1 saturated carbocycles. The molecule has 0 aromatic heterocycles. The van der Waals surface area contributed by atoms with E-state index >= 15 is 0 Å². The second kappa shape index (κ2) is 4.82. The molecule has 3 aliphatic rings. The van der Waals surface area contributed by atoms with E-state index in [2.05, 4.69) is 33.8 Å². The first-order chi connectivity index (χ1) is 9.41. The fourth-order valence-electron chi connectivity index (χ4n) is 4.36. The Bertz CT molecular complexity index is 408. The molecular formula is C17H28O3. The van der Waals surface area contributed by atoms with Crippen LogP contribution in [0.5, 0.6) is 0 Å². The van der Waals surface area contributed by atoms with Crippen LogP contribution in [0.1, 0.15) is 47.0 Å². The molecule has 3 nitrogen and oxygen atoms in total. The molecule has 3 rings (SSSR count). The highest BCUT2D eigenvalue weighted by Crippen LogP contribution is 2.60. The summed E-state index contributed by atoms with van der Waals surface area (Å²) in [6.07, 6.45) is 6.17. The molecule has 0 radical (unpaired) electrons. The summed E-state index contributed by atoms with van der Waals surface area (Å²) in [5.74, 6) is 1.06. The first-order valence-electron chi connectivity index (χ1n) is 7.89. The van der Waals surface area contributed by atoms with E-state index in [9.17, 15) is 0 Å². The second-order valence-corrected chi connectivity index (χ2v) is 7.46. The highest BCUT2D eigenvalue weighted by molar-refractivity contribution is 5.19. The number of methoxy groups -OCH3 is 1. The number of hydrogen-bond acceptors (Lipinski definition) is 3. The molecule has 114 valence electrons. The van der Waals surface area contributed by atoms with Crippen molar-refractivity contribution in [2.24, 2.45) is 11.8 Å². The maximum Gasteiger partial charge on any atom is 0.100 e. The van der Waals surface area contributed by atoms with Gasteiger partial charge in [0.05, 0.1) is 24.4 Å². The summed E-state index contributed by atoms with van der Waals surface area (Å²) in [4.78, 5) is 0. The largest absolute Gasteiger partial charge is 0.381 e. The molecule has 3 fully saturated rings. The number of hydrogen-bond donors (Lipinski definition) is 0. The number of ether oxygens (including phenoxy) is 3. The van der Waals surface area contributed by atoms with E-state index in [0.29, 0.717) is 17.9 Å². The van der Waals surface area contributed by atoms with Gasteiger partial charge in [-0.25, -0.2) is 0 Å². The summed E-state index contributed by atoms with van der Waals surface area (Å²) in [7, 11) is 1.84. The van der Waals surface area contributed by atoms with Gasteiger partial charge in [-0.2, -0.15) is 0 Å². The molecule has 0 amide bonds. The van der Waals surface area contributed by atoms with E-state index in [1.165, 1.54) is 5.57 Å². The third-order valence-corrected chi connectivity index (χ3v) is 5.42. The molecule has 1 aliphatic carbocycles. The van der Waals surface area contributed by atoms with Crippen LogP contribution < -0.4 is 0 Å². The Morgan fingerprint density at radius 1 is 1.40 bits per heavy atom. The van der Waals surface area contributed by atoms with Crippen molar-refractivity contribution in [2.75, 3.05) is 13.7 Å². The molecule has 0 N–H and O–H groups in total. The molecule has 0 aromatic rings. The van der Waals surface area contributed by atoms with Crippen molar-refractivity contribution in [2.45, 2.75) is 70.4 Å². The molecule has 6 atom stereocenters. The number of allylic oxidation sites excluding steroid dienone is 1. The van der Waals surface area contributed by atoms with Gasteiger partial charge in [-0.3, -0.25) is 0 Å². The van der Waals surface area contributed by atoms with Gasteiger partial charge in [-0.1, -0.05) is 18.6 Å². The van der Waals surface area contributed by atoms with Crippen LogP contribution in [0.4, 0.5) is 0 Å². The zero-order valence-corrected chi connectivity index (χ0v) is 13.4. The molecule has 0 unspecified atom stereocenters. The summed E-state index contributed by atoms with van der Waals surface area (Å²) < 4.78 is 17.9. The Kier molecular flexibility index (Phi) is 3.51. The van der Waals surface area contributed by atoms with Gasteiger partial charge in [0.15, 0.2) is 0 Å². The Labute approximate surface area is 122 Å². The quantitative estimate of drug-likeness (QED) is 0.585. The van der Waals surface area contributed by atoms with Gasteiger partial charge >= 0.3 is 0 Å². The predicted octanol–water partition coefficient (Wildman–Crippen LogP) is 3.33. The van der Waals surface area contributed by atoms with E-state index in [1.54, 1.807) is 0 Å². The first-order valence-corrected chi connectivity index (χ1v) is 7.89. The third-order valence-electron chi connectivity index (χ3n) is 5.42. The Morgan fingerprint density at radius 3 is 2.65 bits per heavy atom. The summed E-state index contributed by atoms with van der Waals surface area (Å²) in [5.41, 5.74) is 1.33. The first kappa shape index (κ1) is 14.6. The summed E-state index contributed by atoms with van der Waals surface area (Å²) >= 11 is 0. The highest BCUT2D eigenvalue weighted by atomic mass is 16.6. The molecule has 2 heterocycles. The van der Waals surface area contributed by atoms with Crippen LogP contribution in [-0.2, 0) is 14.2 Å². The van der Waals surface area contributed by atoms with Crippen LogP contribution in [-0.4, -0.2) is 37.1 Å². The number of epoxide rings is 2. The zero-order valence-electron chi connectivity index (χ0n) is 13.4. The number of rotatable bonds is 4. The fourth-order valence-corrected chi connectivity index (χ4v) is 4.36. The van der Waals surface area contributed by atoms with E-state index in [4.69, 9.17) is 14.2 Å². The highest BCUT2D eigenvalue weighted by Gasteiger charge is 2.71. The van der Waals surface area contributed by atoms with Gasteiger partial charge in [0.25, 0.3) is 0 Å². The molecular weight excluding hydrogens is 252 g/mol. The van der Waals surface area contributed by atoms with Crippen LogP contribution in [0, 0.1) is 11.8 Å². The van der Waals surface area contributed by atoms with Gasteiger partial charge in [0, 0.05) is 13.0 Å². The van der Waals surface area contributed by atoms with Crippen molar-refractivity contribution in [3.05, 3.63) is 11.6 Å².